The van der Waals surface area contributed by atoms with Gasteiger partial charge in [-0.05, 0) is 0 Å². The molecule has 12 heavy (non-hydrogen) atoms. The molecular weight excluding hydrogens is 187 g/mol. The number of carboxylic acid groups (broad SMARTS) is 1. The Hall–Kier alpha value is 0.246. The second-order valence-corrected chi connectivity index (χ2v) is 2.73. The van der Waals surface area contributed by atoms with E-state index >= 15 is 0 Å². The molecule has 6 heteroatoms. The van der Waals surface area contributed by atoms with Gasteiger partial charge in [0.15, 0.2) is 5.71 Å². The average molecular weight is 194 g/mol. The molecule has 0 unspecified atom stereocenters. The number of carboxylic acids is 1. The standard InChI is InChI=1S/C6H8N2O3.K/c1-6(2)7-4(5(9)10)3-8(6)11;/h3H,1-2H3,(H,9,10);/q;+1/p-1. The van der Waals surface area contributed by atoms with E-state index in [9.17, 15) is 15.1 Å². The van der Waals surface area contributed by atoms with Crippen LogP contribution in [0.5, 0.6) is 0 Å². The smallest absolute Gasteiger partial charge is 0.622 e. The SMILES string of the molecule is CC1(C)N=C(C(=O)[O-])C=[N+]1[O-].[K+]. The van der Waals surface area contributed by atoms with Crippen LogP contribution in [0.1, 0.15) is 13.8 Å². The van der Waals surface area contributed by atoms with Gasteiger partial charge in [-0.2, -0.15) is 4.74 Å². The molecule has 60 valence electrons. The third-order valence-electron chi connectivity index (χ3n) is 1.38. The van der Waals surface area contributed by atoms with Crippen LogP contribution in [0.15, 0.2) is 4.99 Å². The molecule has 0 amide bonds. The van der Waals surface area contributed by atoms with E-state index in [1.54, 1.807) is 0 Å². The molecule has 0 spiro atoms. The first-order valence-corrected chi connectivity index (χ1v) is 3.06. The van der Waals surface area contributed by atoms with E-state index in [4.69, 9.17) is 0 Å². The number of hydrogen-bond acceptors (Lipinski definition) is 4. The van der Waals surface area contributed by atoms with Crippen molar-refractivity contribution in [3.8, 4) is 0 Å². The van der Waals surface area contributed by atoms with Gasteiger partial charge in [0.1, 0.15) is 0 Å². The summed E-state index contributed by atoms with van der Waals surface area (Å²) < 4.78 is 0.484. The van der Waals surface area contributed by atoms with Crippen LogP contribution in [0.25, 0.3) is 0 Å². The normalized spacial score (nSPS) is 19.2. The quantitative estimate of drug-likeness (QED) is 0.240. The number of hydroxylamine groups is 1. The number of aliphatic carboxylic acids is 1. The molecule has 0 atom stereocenters. The van der Waals surface area contributed by atoms with Crippen LogP contribution in [0.4, 0.5) is 0 Å². The Labute approximate surface area is 112 Å². The van der Waals surface area contributed by atoms with Crippen LogP contribution in [-0.2, 0) is 4.79 Å². The molecule has 1 aliphatic rings. The first-order chi connectivity index (χ1) is 4.93. The molecule has 0 radical (unpaired) electrons. The van der Waals surface area contributed by atoms with Crippen LogP contribution in [-0.4, -0.2) is 28.3 Å². The minimum absolute atomic E-state index is 0. The fourth-order valence-corrected chi connectivity index (χ4v) is 0.740. The van der Waals surface area contributed by atoms with E-state index < -0.39 is 11.6 Å². The Morgan fingerprint density at radius 2 is 2.17 bits per heavy atom. The summed E-state index contributed by atoms with van der Waals surface area (Å²) in [6.07, 6.45) is 0.912. The van der Waals surface area contributed by atoms with Gasteiger partial charge in [-0.15, -0.1) is 0 Å². The number of nitrogens with zero attached hydrogens (tertiary/aromatic N) is 2. The molecule has 0 saturated carbocycles. The van der Waals surface area contributed by atoms with Crippen molar-refractivity contribution in [1.29, 1.82) is 0 Å². The van der Waals surface area contributed by atoms with Gasteiger partial charge >= 0.3 is 51.4 Å². The first-order valence-electron chi connectivity index (χ1n) is 3.06. The molecule has 0 fully saturated rings. The summed E-state index contributed by atoms with van der Waals surface area (Å²) in [5.41, 5.74) is -1.31. The summed E-state index contributed by atoms with van der Waals surface area (Å²) in [7, 11) is 0. The Morgan fingerprint density at radius 1 is 1.67 bits per heavy atom. The number of rotatable bonds is 1. The second-order valence-electron chi connectivity index (χ2n) is 2.73. The maximum Gasteiger partial charge on any atom is 1.00 e. The zero-order chi connectivity index (χ0) is 8.65. The fourth-order valence-electron chi connectivity index (χ4n) is 0.740. The molecule has 0 saturated heterocycles. The van der Waals surface area contributed by atoms with E-state index in [0.29, 0.717) is 4.74 Å². The summed E-state index contributed by atoms with van der Waals surface area (Å²) >= 11 is 0. The average Bonchev–Trinajstić information content (AvgIpc) is 2.08. The monoisotopic (exact) mass is 194 g/mol. The summed E-state index contributed by atoms with van der Waals surface area (Å²) in [4.78, 5) is 13.8. The summed E-state index contributed by atoms with van der Waals surface area (Å²) in [6.45, 7) is 3.04. The van der Waals surface area contributed by atoms with Gasteiger partial charge in [0.25, 0.3) is 5.66 Å². The van der Waals surface area contributed by atoms with Crippen molar-refractivity contribution in [2.75, 3.05) is 0 Å². The maximum absolute atomic E-state index is 10.9. The number of carbonyl (C=O) groups excluding carboxylic acids is 1. The van der Waals surface area contributed by atoms with Crippen LogP contribution in [0.2, 0.25) is 0 Å². The number of hydrogen-bond donors (Lipinski definition) is 0. The van der Waals surface area contributed by atoms with Crippen LogP contribution < -0.4 is 56.5 Å². The van der Waals surface area contributed by atoms with Crippen molar-refractivity contribution < 1.29 is 66.0 Å². The van der Waals surface area contributed by atoms with E-state index in [1.165, 1.54) is 13.8 Å². The minimum Gasteiger partial charge on any atom is -0.622 e. The van der Waals surface area contributed by atoms with E-state index in [-0.39, 0.29) is 57.1 Å². The Bertz CT molecular complexity index is 270. The number of carbonyl (C=O) groups is 1. The van der Waals surface area contributed by atoms with Gasteiger partial charge in [0.05, 0.1) is 5.97 Å². The first kappa shape index (κ1) is 12.2. The fraction of sp³-hybridized carbons (Fsp3) is 0.500. The Kier molecular flexibility index (Phi) is 4.05. The van der Waals surface area contributed by atoms with Gasteiger partial charge in [-0.25, -0.2) is 4.99 Å². The van der Waals surface area contributed by atoms with Crippen LogP contribution in [0, 0.1) is 5.21 Å². The van der Waals surface area contributed by atoms with Gasteiger partial charge in [0.2, 0.25) is 6.21 Å². The molecule has 0 aromatic carbocycles. The van der Waals surface area contributed by atoms with Crippen molar-refractivity contribution in [3.05, 3.63) is 5.21 Å². The van der Waals surface area contributed by atoms with Crippen molar-refractivity contribution in [2.24, 2.45) is 4.99 Å². The molecular formula is C6H7KN2O3. The molecule has 0 aliphatic carbocycles. The topological polar surface area (TPSA) is 78.6 Å². The molecule has 0 bridgehead atoms. The largest absolute Gasteiger partial charge is 1.00 e. The van der Waals surface area contributed by atoms with Gasteiger partial charge in [-0.1, -0.05) is 0 Å². The zero-order valence-corrected chi connectivity index (χ0v) is 10.3. The summed E-state index contributed by atoms with van der Waals surface area (Å²) in [5, 5.41) is 21.1. The summed E-state index contributed by atoms with van der Waals surface area (Å²) in [5.74, 6) is -1.42. The molecule has 0 aromatic heterocycles. The number of aliphatic imine (C=N–C) groups is 1. The molecule has 0 aromatic rings. The Balaban J connectivity index is 0.00000121. The maximum atomic E-state index is 10.9. The van der Waals surface area contributed by atoms with Crippen molar-refractivity contribution in [3.63, 3.8) is 0 Å². The van der Waals surface area contributed by atoms with Crippen molar-refractivity contribution in [2.45, 2.75) is 19.5 Å². The second kappa shape index (κ2) is 3.97. The van der Waals surface area contributed by atoms with Crippen molar-refractivity contribution >= 4 is 17.9 Å². The third kappa shape index (κ3) is 2.36. The minimum atomic E-state index is -1.42. The zero-order valence-electron chi connectivity index (χ0n) is 7.20. The predicted octanol–water partition coefficient (Wildman–Crippen LogP) is -4.49. The third-order valence-corrected chi connectivity index (χ3v) is 1.38. The van der Waals surface area contributed by atoms with Gasteiger partial charge in [0, 0.05) is 13.8 Å². The van der Waals surface area contributed by atoms with Gasteiger partial charge < -0.3 is 15.1 Å². The molecule has 1 rings (SSSR count). The van der Waals surface area contributed by atoms with Gasteiger partial charge in [-0.3, -0.25) is 0 Å². The van der Waals surface area contributed by atoms with E-state index in [0.717, 1.165) is 6.21 Å². The Morgan fingerprint density at radius 3 is 2.33 bits per heavy atom. The molecule has 0 N–H and O–H groups in total. The van der Waals surface area contributed by atoms with E-state index in [2.05, 4.69) is 4.99 Å². The van der Waals surface area contributed by atoms with E-state index in [1.807, 2.05) is 0 Å². The van der Waals surface area contributed by atoms with Crippen molar-refractivity contribution in [1.82, 2.24) is 0 Å². The van der Waals surface area contributed by atoms with Crippen LogP contribution >= 0.6 is 0 Å². The molecule has 5 nitrogen and oxygen atoms in total. The van der Waals surface area contributed by atoms with Crippen LogP contribution in [0.3, 0.4) is 0 Å². The molecule has 1 heterocycles. The molecule has 1 aliphatic heterocycles. The predicted molar refractivity (Wildman–Crippen MR) is 36.2 cm³/mol. The summed E-state index contributed by atoms with van der Waals surface area (Å²) in [6, 6.07) is 0.